The zero-order valence-corrected chi connectivity index (χ0v) is 18.5. The fraction of sp³-hybridized carbons (Fsp3) is 0.429. The van der Waals surface area contributed by atoms with Gasteiger partial charge in [-0.05, 0) is 30.5 Å². The average molecular weight is 448 g/mol. The molecule has 1 fully saturated rings. The van der Waals surface area contributed by atoms with Gasteiger partial charge in [0, 0.05) is 24.2 Å². The predicted octanol–water partition coefficient (Wildman–Crippen LogP) is 3.34. The molecule has 0 atom stereocenters. The second-order valence-corrected chi connectivity index (χ2v) is 8.57. The molecule has 0 spiro atoms. The second-order valence-electron chi connectivity index (χ2n) is 7.22. The van der Waals surface area contributed by atoms with E-state index in [1.54, 1.807) is 16.7 Å². The highest BCUT2D eigenvalue weighted by atomic mass is 35.5. The SMILES string of the molecule is Cn1c(CNC(=O)/C=C/c2ccccc2Cl)nnc1SCC(=O)NC1CCCCC1. The third-order valence-corrected chi connectivity index (χ3v) is 6.33. The third kappa shape index (κ3) is 6.60. The van der Waals surface area contributed by atoms with Gasteiger partial charge in [-0.1, -0.05) is 60.8 Å². The van der Waals surface area contributed by atoms with Gasteiger partial charge in [0.2, 0.25) is 11.8 Å². The molecule has 0 saturated heterocycles. The van der Waals surface area contributed by atoms with Gasteiger partial charge in [0.15, 0.2) is 11.0 Å². The fourth-order valence-corrected chi connectivity index (χ4v) is 4.21. The van der Waals surface area contributed by atoms with Crippen LogP contribution in [-0.4, -0.2) is 38.4 Å². The number of thioether (sulfide) groups is 1. The number of carbonyl (C=O) groups is 2. The zero-order chi connectivity index (χ0) is 21.3. The highest BCUT2D eigenvalue weighted by Crippen LogP contribution is 2.19. The minimum Gasteiger partial charge on any atom is -0.353 e. The van der Waals surface area contributed by atoms with Crippen molar-refractivity contribution in [2.45, 2.75) is 49.8 Å². The summed E-state index contributed by atoms with van der Waals surface area (Å²) in [4.78, 5) is 24.2. The van der Waals surface area contributed by atoms with Crippen molar-refractivity contribution in [3.8, 4) is 0 Å². The van der Waals surface area contributed by atoms with E-state index < -0.39 is 0 Å². The summed E-state index contributed by atoms with van der Waals surface area (Å²) in [6.45, 7) is 0.240. The number of nitrogens with one attached hydrogen (secondary N) is 2. The van der Waals surface area contributed by atoms with Crippen molar-refractivity contribution in [1.82, 2.24) is 25.4 Å². The molecule has 2 N–H and O–H groups in total. The maximum Gasteiger partial charge on any atom is 0.244 e. The molecule has 1 aliphatic carbocycles. The van der Waals surface area contributed by atoms with Crippen LogP contribution in [0.3, 0.4) is 0 Å². The van der Waals surface area contributed by atoms with E-state index in [2.05, 4.69) is 20.8 Å². The van der Waals surface area contributed by atoms with E-state index in [-0.39, 0.29) is 18.4 Å². The summed E-state index contributed by atoms with van der Waals surface area (Å²) in [5.41, 5.74) is 0.776. The monoisotopic (exact) mass is 447 g/mol. The Labute approximate surface area is 185 Å². The van der Waals surface area contributed by atoms with Crippen LogP contribution >= 0.6 is 23.4 Å². The Balaban J connectivity index is 1.44. The smallest absolute Gasteiger partial charge is 0.244 e. The van der Waals surface area contributed by atoms with Crippen molar-refractivity contribution in [2.75, 3.05) is 5.75 Å². The van der Waals surface area contributed by atoms with Gasteiger partial charge in [-0.2, -0.15) is 0 Å². The number of nitrogens with zero attached hydrogens (tertiary/aromatic N) is 3. The lowest BCUT2D eigenvalue weighted by molar-refractivity contribution is -0.119. The molecule has 0 aliphatic heterocycles. The van der Waals surface area contributed by atoms with E-state index in [0.717, 1.165) is 18.4 Å². The third-order valence-electron chi connectivity index (χ3n) is 4.97. The van der Waals surface area contributed by atoms with E-state index in [4.69, 9.17) is 11.6 Å². The molecule has 0 unspecified atom stereocenters. The molecule has 1 aromatic heterocycles. The molecule has 160 valence electrons. The van der Waals surface area contributed by atoms with E-state index in [9.17, 15) is 9.59 Å². The van der Waals surface area contributed by atoms with Gasteiger partial charge in [0.1, 0.15) is 0 Å². The fourth-order valence-electron chi connectivity index (χ4n) is 3.27. The number of benzene rings is 1. The number of rotatable bonds is 8. The Morgan fingerprint density at radius 3 is 2.77 bits per heavy atom. The number of hydrogen-bond donors (Lipinski definition) is 2. The molecule has 1 heterocycles. The van der Waals surface area contributed by atoms with Gasteiger partial charge in [0.25, 0.3) is 0 Å². The summed E-state index contributed by atoms with van der Waals surface area (Å²) in [7, 11) is 1.82. The number of carbonyl (C=O) groups excluding carboxylic acids is 2. The van der Waals surface area contributed by atoms with Gasteiger partial charge >= 0.3 is 0 Å². The zero-order valence-electron chi connectivity index (χ0n) is 16.9. The highest BCUT2D eigenvalue weighted by molar-refractivity contribution is 7.99. The molecule has 2 aromatic rings. The van der Waals surface area contributed by atoms with Gasteiger partial charge in [-0.15, -0.1) is 10.2 Å². The molecule has 0 radical (unpaired) electrons. The van der Waals surface area contributed by atoms with Crippen molar-refractivity contribution >= 4 is 41.3 Å². The van der Waals surface area contributed by atoms with Crippen molar-refractivity contribution in [1.29, 1.82) is 0 Å². The van der Waals surface area contributed by atoms with E-state index >= 15 is 0 Å². The quantitative estimate of drug-likeness (QED) is 0.478. The van der Waals surface area contributed by atoms with Gasteiger partial charge in [0.05, 0.1) is 12.3 Å². The summed E-state index contributed by atoms with van der Waals surface area (Å²) in [5, 5.41) is 15.3. The lowest BCUT2D eigenvalue weighted by Crippen LogP contribution is -2.37. The van der Waals surface area contributed by atoms with Gasteiger partial charge < -0.3 is 15.2 Å². The Hall–Kier alpha value is -2.32. The number of hydrogen-bond acceptors (Lipinski definition) is 5. The summed E-state index contributed by atoms with van der Waals surface area (Å²) in [6.07, 6.45) is 8.86. The highest BCUT2D eigenvalue weighted by Gasteiger charge is 2.17. The normalized spacial score (nSPS) is 14.7. The number of amides is 2. The van der Waals surface area contributed by atoms with Crippen LogP contribution in [0, 0.1) is 0 Å². The number of aromatic nitrogens is 3. The molecule has 7 nitrogen and oxygen atoms in total. The van der Waals surface area contributed by atoms with Crippen molar-refractivity contribution < 1.29 is 9.59 Å². The lowest BCUT2D eigenvalue weighted by Gasteiger charge is -2.22. The van der Waals surface area contributed by atoms with Gasteiger partial charge in [-0.3, -0.25) is 9.59 Å². The summed E-state index contributed by atoms with van der Waals surface area (Å²) in [6, 6.07) is 7.60. The van der Waals surface area contributed by atoms with Gasteiger partial charge in [-0.25, -0.2) is 0 Å². The van der Waals surface area contributed by atoms with Crippen molar-refractivity contribution in [2.24, 2.45) is 7.05 Å². The Morgan fingerprint density at radius 1 is 1.23 bits per heavy atom. The van der Waals surface area contributed by atoms with E-state index in [1.807, 2.05) is 25.2 Å². The maximum atomic E-state index is 12.2. The van der Waals surface area contributed by atoms with E-state index in [0.29, 0.717) is 27.8 Å². The first-order valence-corrected chi connectivity index (χ1v) is 11.4. The summed E-state index contributed by atoms with van der Waals surface area (Å²) >= 11 is 7.42. The predicted molar refractivity (Wildman–Crippen MR) is 119 cm³/mol. The first-order chi connectivity index (χ1) is 14.5. The Kier molecular flexibility index (Phi) is 8.33. The van der Waals surface area contributed by atoms with E-state index in [1.165, 1.54) is 37.1 Å². The summed E-state index contributed by atoms with van der Waals surface area (Å²) < 4.78 is 1.79. The van der Waals surface area contributed by atoms with Crippen LogP contribution in [0.1, 0.15) is 43.5 Å². The second kappa shape index (κ2) is 11.2. The maximum absolute atomic E-state index is 12.2. The standard InChI is InChI=1S/C21H26ClN5O2S/c1-27-18(13-23-19(28)12-11-15-7-5-6-10-17(15)22)25-26-21(27)30-14-20(29)24-16-8-3-2-4-9-16/h5-7,10-12,16H,2-4,8-9,13-14H2,1H3,(H,23,28)(H,24,29)/b12-11+. The topological polar surface area (TPSA) is 88.9 Å². The first kappa shape index (κ1) is 22.4. The molecule has 3 rings (SSSR count). The lowest BCUT2D eigenvalue weighted by atomic mass is 9.95. The molecule has 30 heavy (non-hydrogen) atoms. The average Bonchev–Trinajstić information content (AvgIpc) is 3.10. The molecule has 1 aromatic carbocycles. The molecule has 1 aliphatic rings. The summed E-state index contributed by atoms with van der Waals surface area (Å²) in [5.74, 6) is 0.688. The Morgan fingerprint density at radius 2 is 2.00 bits per heavy atom. The number of halogens is 1. The van der Waals surface area contributed by atoms with Crippen LogP contribution < -0.4 is 10.6 Å². The van der Waals surface area contributed by atoms with Crippen LogP contribution in [0.5, 0.6) is 0 Å². The van der Waals surface area contributed by atoms with Crippen LogP contribution in [0.4, 0.5) is 0 Å². The molecular weight excluding hydrogens is 422 g/mol. The minimum absolute atomic E-state index is 0.0227. The molecule has 0 bridgehead atoms. The van der Waals surface area contributed by atoms with Crippen molar-refractivity contribution in [3.05, 3.63) is 46.8 Å². The van der Waals surface area contributed by atoms with Crippen molar-refractivity contribution in [3.63, 3.8) is 0 Å². The molecular formula is C21H26ClN5O2S. The van der Waals surface area contributed by atoms with Crippen LogP contribution in [-0.2, 0) is 23.2 Å². The van der Waals surface area contributed by atoms with Crippen LogP contribution in [0.15, 0.2) is 35.5 Å². The first-order valence-electron chi connectivity index (χ1n) is 10.0. The van der Waals surface area contributed by atoms with Crippen LogP contribution in [0.25, 0.3) is 6.08 Å². The minimum atomic E-state index is -0.251. The Bertz CT molecular complexity index is 909. The molecule has 2 amide bonds. The largest absolute Gasteiger partial charge is 0.353 e. The van der Waals surface area contributed by atoms with Crippen LogP contribution in [0.2, 0.25) is 5.02 Å². The molecule has 9 heteroatoms. The molecule has 1 saturated carbocycles.